The maximum absolute atomic E-state index is 3.58. The van der Waals surface area contributed by atoms with Crippen LogP contribution in [0.3, 0.4) is 0 Å². The molecule has 11 heteroatoms. The largest absolute Gasteiger partial charge is 4.00 e. The Balaban J connectivity index is -0.000000125. The van der Waals surface area contributed by atoms with Gasteiger partial charge in [-0.25, -0.2) is 0 Å². The van der Waals surface area contributed by atoms with Gasteiger partial charge in [-0.3, -0.25) is 15.7 Å². The molecule has 0 amide bonds. The van der Waals surface area contributed by atoms with Crippen LogP contribution in [-0.2, 0) is 26.2 Å². The van der Waals surface area contributed by atoms with Crippen LogP contribution < -0.4 is 24.8 Å². The summed E-state index contributed by atoms with van der Waals surface area (Å²) in [5.41, 5.74) is 0. The quantitative estimate of drug-likeness (QED) is 0.443. The van der Waals surface area contributed by atoms with Crippen molar-refractivity contribution in [2.45, 2.75) is 0 Å². The predicted octanol–water partition coefficient (Wildman–Crippen LogP) is -4.22. The van der Waals surface area contributed by atoms with Crippen molar-refractivity contribution in [3.8, 4) is 0 Å². The third-order valence-electron chi connectivity index (χ3n) is 0.479. The summed E-state index contributed by atoms with van der Waals surface area (Å²) in [5.74, 6) is 5.39. The van der Waals surface area contributed by atoms with Crippen molar-refractivity contribution in [2.24, 2.45) is 0 Å². The van der Waals surface area contributed by atoms with E-state index in [0.29, 0.717) is 15.7 Å². The zero-order valence-electron chi connectivity index (χ0n) is 5.94. The molecule has 0 aliphatic heterocycles. The fourth-order valence-electron chi connectivity index (χ4n) is 0.224. The second-order valence-corrected chi connectivity index (χ2v) is 5.22. The third kappa shape index (κ3) is 13.6. The van der Waals surface area contributed by atoms with Crippen molar-refractivity contribution >= 4 is 31.8 Å². The summed E-state index contributed by atoms with van der Waals surface area (Å²) in [4.78, 5) is 7.16. The minimum Gasteiger partial charge on any atom is -1.00 e. The smallest absolute Gasteiger partial charge is 1.00 e. The van der Waals surface area contributed by atoms with Gasteiger partial charge in [0, 0.05) is 16.1 Å². The Morgan fingerprint density at radius 2 is 1.23 bits per heavy atom. The summed E-state index contributed by atoms with van der Waals surface area (Å²) in [6.45, 7) is 0. The van der Waals surface area contributed by atoms with Crippen LogP contribution in [0.25, 0.3) is 0 Å². The Labute approximate surface area is 114 Å². The van der Waals surface area contributed by atoms with Crippen molar-refractivity contribution in [3.63, 3.8) is 0 Å². The summed E-state index contributed by atoms with van der Waals surface area (Å²) in [6.07, 6.45) is 0. The average Bonchev–Trinajstić information content (AvgIpc) is 2.67. The molecule has 13 heavy (non-hydrogen) atoms. The number of aromatic nitrogens is 4. The number of rotatable bonds is 0. The molecular weight excluding hydrogens is 366 g/mol. The Hall–Kier alpha value is 1.60. The molecule has 2 aromatic rings. The van der Waals surface area contributed by atoms with Gasteiger partial charge in [-0.1, -0.05) is 0 Å². The third-order valence-corrected chi connectivity index (χ3v) is 3.17. The van der Waals surface area contributed by atoms with Crippen LogP contribution in [0.1, 0.15) is 0 Å². The number of hydrogen-bond acceptors (Lipinski definition) is 4. The van der Waals surface area contributed by atoms with Gasteiger partial charge < -0.3 is 46.9 Å². The average molecular weight is 368 g/mol. The van der Waals surface area contributed by atoms with Crippen molar-refractivity contribution in [2.75, 3.05) is 0 Å². The first-order chi connectivity index (χ1) is 5.00. The van der Waals surface area contributed by atoms with Gasteiger partial charge in [0.05, 0.1) is 0 Å². The molecule has 2 atom stereocenters. The van der Waals surface area contributed by atoms with E-state index in [-0.39, 0.29) is 51.0 Å². The molecule has 2 unspecified atom stereocenters. The molecule has 2 rings (SSSR count). The molecule has 0 radical (unpaired) electrons. The van der Waals surface area contributed by atoms with Crippen molar-refractivity contribution < 1.29 is 51.0 Å². The SMILES string of the molecule is [Cl-].[Cl-].[Zr+4].[c-]1nnp[pH]1.[c-]1nnp[pH]1. The van der Waals surface area contributed by atoms with Crippen molar-refractivity contribution in [1.82, 2.24) is 19.9 Å². The van der Waals surface area contributed by atoms with E-state index in [4.69, 9.17) is 0 Å². The standard InChI is InChI=1S/2CHN2P2.2ClH.Zr/c2*1-2-3-5-4-1;;;/h2*4H;2*1H;/q2*-1;;;+4/p-2. The molecule has 68 valence electrons. The Bertz CT molecular complexity index is 167. The summed E-state index contributed by atoms with van der Waals surface area (Å²) in [5, 5.41) is 6.92. The monoisotopic (exact) mass is 366 g/mol. The van der Waals surface area contributed by atoms with Gasteiger partial charge in [-0.05, 0) is 0 Å². The summed E-state index contributed by atoms with van der Waals surface area (Å²) < 4.78 is 0. The van der Waals surface area contributed by atoms with Gasteiger partial charge in [-0.2, -0.15) is 9.72 Å². The second-order valence-electron chi connectivity index (χ2n) is 1.03. The van der Waals surface area contributed by atoms with Crippen LogP contribution in [0.2, 0.25) is 0 Å². The van der Waals surface area contributed by atoms with Gasteiger partial charge in [0.2, 0.25) is 0 Å². The van der Waals surface area contributed by atoms with Crippen LogP contribution in [-0.4, -0.2) is 19.9 Å². The molecule has 2 heterocycles. The Kier molecular flexibility index (Phi) is 24.8. The minimum atomic E-state index is 0. The van der Waals surface area contributed by atoms with Crippen LogP contribution in [0.5, 0.6) is 0 Å². The summed E-state index contributed by atoms with van der Waals surface area (Å²) >= 11 is 0. The molecule has 4 nitrogen and oxygen atoms in total. The first-order valence-corrected chi connectivity index (χ1v) is 7.57. The maximum atomic E-state index is 3.58. The molecule has 0 saturated heterocycles. The number of nitrogens with zero attached hydrogens (tertiary/aromatic N) is 4. The fraction of sp³-hybridized carbons (Fsp3) is 0. The molecular formula is C2H2Cl2N4P4Zr. The van der Waals surface area contributed by atoms with E-state index in [1.54, 1.807) is 0 Å². The van der Waals surface area contributed by atoms with E-state index in [2.05, 4.69) is 31.8 Å². The summed E-state index contributed by atoms with van der Waals surface area (Å²) in [7, 11) is 3.53. The Morgan fingerprint density at radius 1 is 0.846 bits per heavy atom. The van der Waals surface area contributed by atoms with E-state index >= 15 is 0 Å². The van der Waals surface area contributed by atoms with E-state index in [0.717, 1.165) is 16.1 Å². The van der Waals surface area contributed by atoms with Gasteiger partial charge in [0.15, 0.2) is 0 Å². The first kappa shape index (κ1) is 20.1. The van der Waals surface area contributed by atoms with Crippen LogP contribution >= 0.6 is 31.8 Å². The number of halogens is 2. The normalized spacial score (nSPS) is 8.62. The first-order valence-electron chi connectivity index (χ1n) is 2.19. The summed E-state index contributed by atoms with van der Waals surface area (Å²) in [6, 6.07) is 0. The molecule has 0 aliphatic carbocycles. The molecule has 0 bridgehead atoms. The maximum Gasteiger partial charge on any atom is 4.00 e. The fourth-order valence-corrected chi connectivity index (χ4v) is 2.01. The van der Waals surface area contributed by atoms with Crippen molar-refractivity contribution in [1.29, 1.82) is 0 Å². The minimum absolute atomic E-state index is 0. The molecule has 0 spiro atoms. The van der Waals surface area contributed by atoms with Gasteiger partial charge in [0.1, 0.15) is 0 Å². The molecule has 0 aromatic carbocycles. The molecule has 2 aromatic heterocycles. The van der Waals surface area contributed by atoms with E-state index in [9.17, 15) is 0 Å². The van der Waals surface area contributed by atoms with Crippen LogP contribution in [0.15, 0.2) is 0 Å². The molecule has 0 fully saturated rings. The second kappa shape index (κ2) is 16.0. The van der Waals surface area contributed by atoms with Gasteiger partial charge in [-0.15, -0.1) is 0 Å². The van der Waals surface area contributed by atoms with E-state index < -0.39 is 0 Å². The van der Waals surface area contributed by atoms with E-state index in [1.165, 1.54) is 0 Å². The molecule has 0 aliphatic rings. The van der Waals surface area contributed by atoms with Crippen molar-refractivity contribution in [3.05, 3.63) is 11.9 Å². The molecule has 0 saturated carbocycles. The zero-order chi connectivity index (χ0) is 7.07. The van der Waals surface area contributed by atoms with Gasteiger partial charge in [0.25, 0.3) is 0 Å². The van der Waals surface area contributed by atoms with Gasteiger partial charge >= 0.3 is 26.2 Å². The Morgan fingerprint density at radius 3 is 1.31 bits per heavy atom. The van der Waals surface area contributed by atoms with Crippen LogP contribution in [0.4, 0.5) is 0 Å². The number of hydrogen-bond donors (Lipinski definition) is 0. The zero-order valence-corrected chi connectivity index (χ0v) is 13.7. The predicted molar refractivity (Wildman–Crippen MR) is 45.8 cm³/mol. The topological polar surface area (TPSA) is 51.6 Å². The van der Waals surface area contributed by atoms with E-state index in [1.807, 2.05) is 0 Å². The van der Waals surface area contributed by atoms with Crippen LogP contribution in [0, 0.1) is 11.9 Å². The molecule has 0 N–H and O–H groups in total.